The zero-order valence-electron chi connectivity index (χ0n) is 13.7. The van der Waals surface area contributed by atoms with Crippen molar-refractivity contribution in [3.05, 3.63) is 24.0 Å². The minimum absolute atomic E-state index is 0.305. The van der Waals surface area contributed by atoms with Gasteiger partial charge in [-0.25, -0.2) is 9.97 Å². The Morgan fingerprint density at radius 2 is 2.16 bits per heavy atom. The highest BCUT2D eigenvalue weighted by atomic mass is 32.2. The number of hydrogen-bond acceptors (Lipinski definition) is 6. The summed E-state index contributed by atoms with van der Waals surface area (Å²) in [7, 11) is 0. The molecule has 136 valence electrons. The van der Waals surface area contributed by atoms with E-state index in [1.54, 1.807) is 11.9 Å². The summed E-state index contributed by atoms with van der Waals surface area (Å²) in [5, 5.41) is 9.99. The SMILES string of the molecule is CSNCC1CCCN(c2ncnc3cc(O)c(C(F)(F)F)cc23)C1. The highest BCUT2D eigenvalue weighted by molar-refractivity contribution is 7.96. The van der Waals surface area contributed by atoms with Crippen molar-refractivity contribution in [1.29, 1.82) is 0 Å². The zero-order chi connectivity index (χ0) is 18.0. The quantitative estimate of drug-likeness (QED) is 0.802. The van der Waals surface area contributed by atoms with Gasteiger partial charge in [-0.1, -0.05) is 11.9 Å². The van der Waals surface area contributed by atoms with Crippen molar-refractivity contribution < 1.29 is 18.3 Å². The van der Waals surface area contributed by atoms with E-state index in [1.165, 1.54) is 6.33 Å². The summed E-state index contributed by atoms with van der Waals surface area (Å²) in [4.78, 5) is 10.3. The molecule has 0 bridgehead atoms. The maximum Gasteiger partial charge on any atom is 0.419 e. The van der Waals surface area contributed by atoms with Crippen LogP contribution in [0.15, 0.2) is 18.5 Å². The van der Waals surface area contributed by atoms with Crippen LogP contribution in [-0.2, 0) is 6.18 Å². The number of nitrogens with one attached hydrogen (secondary N) is 1. The van der Waals surface area contributed by atoms with Gasteiger partial charge in [-0.05, 0) is 31.1 Å². The Morgan fingerprint density at radius 3 is 2.88 bits per heavy atom. The van der Waals surface area contributed by atoms with E-state index in [0.29, 0.717) is 22.6 Å². The van der Waals surface area contributed by atoms with E-state index in [1.807, 2.05) is 11.2 Å². The van der Waals surface area contributed by atoms with Gasteiger partial charge in [0.25, 0.3) is 0 Å². The first-order valence-corrected chi connectivity index (χ1v) is 9.18. The van der Waals surface area contributed by atoms with Crippen molar-refractivity contribution in [2.24, 2.45) is 5.92 Å². The van der Waals surface area contributed by atoms with Crippen LogP contribution in [0.4, 0.5) is 19.0 Å². The van der Waals surface area contributed by atoms with Crippen molar-refractivity contribution >= 4 is 28.7 Å². The molecule has 2 aromatic rings. The normalized spacial score (nSPS) is 18.7. The van der Waals surface area contributed by atoms with Crippen LogP contribution in [0.3, 0.4) is 0 Å². The van der Waals surface area contributed by atoms with Gasteiger partial charge in [0.2, 0.25) is 0 Å². The third kappa shape index (κ3) is 3.92. The molecule has 9 heteroatoms. The lowest BCUT2D eigenvalue weighted by atomic mass is 9.98. The lowest BCUT2D eigenvalue weighted by molar-refractivity contribution is -0.138. The number of piperidine rings is 1. The molecule has 0 spiro atoms. The number of phenolic OH excluding ortho intramolecular Hbond substituents is 1. The van der Waals surface area contributed by atoms with E-state index in [9.17, 15) is 18.3 Å². The average Bonchev–Trinajstić information content (AvgIpc) is 2.58. The second-order valence-electron chi connectivity index (χ2n) is 6.09. The molecule has 1 saturated heterocycles. The highest BCUT2D eigenvalue weighted by Gasteiger charge is 2.35. The molecule has 5 nitrogen and oxygen atoms in total. The number of aromatic nitrogens is 2. The number of hydrogen-bond donors (Lipinski definition) is 2. The van der Waals surface area contributed by atoms with Gasteiger partial charge < -0.3 is 10.0 Å². The van der Waals surface area contributed by atoms with Gasteiger partial charge in [0.05, 0.1) is 11.1 Å². The lowest BCUT2D eigenvalue weighted by Crippen LogP contribution is -2.39. The molecule has 1 aromatic heterocycles. The van der Waals surface area contributed by atoms with Crippen LogP contribution in [0.5, 0.6) is 5.75 Å². The van der Waals surface area contributed by atoms with E-state index in [0.717, 1.165) is 44.6 Å². The molecule has 3 rings (SSSR count). The molecule has 25 heavy (non-hydrogen) atoms. The first-order valence-electron chi connectivity index (χ1n) is 7.96. The summed E-state index contributed by atoms with van der Waals surface area (Å²) in [6.45, 7) is 2.31. The van der Waals surface area contributed by atoms with E-state index in [2.05, 4.69) is 14.7 Å². The Labute approximate surface area is 147 Å². The molecular weight excluding hydrogens is 353 g/mol. The van der Waals surface area contributed by atoms with Crippen LogP contribution in [0, 0.1) is 5.92 Å². The van der Waals surface area contributed by atoms with E-state index >= 15 is 0 Å². The maximum atomic E-state index is 13.1. The minimum Gasteiger partial charge on any atom is -0.507 e. The summed E-state index contributed by atoms with van der Waals surface area (Å²) < 4.78 is 42.6. The fourth-order valence-electron chi connectivity index (χ4n) is 3.18. The van der Waals surface area contributed by atoms with E-state index < -0.39 is 17.5 Å². The number of fused-ring (bicyclic) bond motifs is 1. The largest absolute Gasteiger partial charge is 0.507 e. The average molecular weight is 372 g/mol. The van der Waals surface area contributed by atoms with Gasteiger partial charge in [0, 0.05) is 31.1 Å². The number of aromatic hydroxyl groups is 1. The summed E-state index contributed by atoms with van der Waals surface area (Å²) in [6.07, 6.45) is 0.688. The van der Waals surface area contributed by atoms with Gasteiger partial charge in [-0.15, -0.1) is 0 Å². The molecular formula is C16H19F3N4OS. The van der Waals surface area contributed by atoms with Crippen molar-refractivity contribution in [2.45, 2.75) is 19.0 Å². The molecule has 0 radical (unpaired) electrons. The van der Waals surface area contributed by atoms with Crippen LogP contribution in [0.2, 0.25) is 0 Å². The smallest absolute Gasteiger partial charge is 0.419 e. The number of anilines is 1. The summed E-state index contributed by atoms with van der Waals surface area (Å²) in [6, 6.07) is 2.00. The number of nitrogens with zero attached hydrogens (tertiary/aromatic N) is 3. The monoisotopic (exact) mass is 372 g/mol. The Morgan fingerprint density at radius 1 is 1.36 bits per heavy atom. The number of benzene rings is 1. The van der Waals surface area contributed by atoms with Gasteiger partial charge >= 0.3 is 6.18 Å². The van der Waals surface area contributed by atoms with Crippen LogP contribution in [-0.4, -0.2) is 41.0 Å². The molecule has 1 fully saturated rings. The topological polar surface area (TPSA) is 61.3 Å². The molecule has 1 atom stereocenters. The van der Waals surface area contributed by atoms with Gasteiger partial charge in [0.15, 0.2) is 0 Å². The van der Waals surface area contributed by atoms with Crippen molar-refractivity contribution in [3.8, 4) is 5.75 Å². The summed E-state index contributed by atoms with van der Waals surface area (Å²) in [5.41, 5.74) is -0.756. The first-order chi connectivity index (χ1) is 11.9. The minimum atomic E-state index is -4.63. The number of halogens is 3. The second kappa shape index (κ2) is 7.25. The number of rotatable bonds is 4. The molecule has 2 N–H and O–H groups in total. The maximum absolute atomic E-state index is 13.1. The van der Waals surface area contributed by atoms with Crippen molar-refractivity contribution in [1.82, 2.24) is 14.7 Å². The standard InChI is InChI=1S/C16H19F3N4OS/c1-25-22-7-10-3-2-4-23(8-10)15-11-5-12(16(17,18)19)14(24)6-13(11)20-9-21-15/h5-6,9-10,22,24H,2-4,7-8H2,1H3. The second-order valence-corrected chi connectivity index (χ2v) is 6.79. The Bertz CT molecular complexity index is 756. The van der Waals surface area contributed by atoms with Gasteiger partial charge in [0.1, 0.15) is 17.9 Å². The molecule has 0 saturated carbocycles. The lowest BCUT2D eigenvalue weighted by Gasteiger charge is -2.34. The summed E-state index contributed by atoms with van der Waals surface area (Å²) in [5.74, 6) is 0.0834. The molecule has 1 aliphatic rings. The first kappa shape index (κ1) is 18.1. The molecule has 2 heterocycles. The van der Waals surface area contributed by atoms with Crippen LogP contribution < -0.4 is 9.62 Å². The Hall–Kier alpha value is -1.74. The fraction of sp³-hybridized carbons (Fsp3) is 0.500. The Kier molecular flexibility index (Phi) is 5.24. The number of alkyl halides is 3. The van der Waals surface area contributed by atoms with Gasteiger partial charge in [-0.2, -0.15) is 13.2 Å². The third-order valence-electron chi connectivity index (χ3n) is 4.37. The van der Waals surface area contributed by atoms with Crippen LogP contribution in [0.1, 0.15) is 18.4 Å². The van der Waals surface area contributed by atoms with E-state index in [-0.39, 0.29) is 0 Å². The van der Waals surface area contributed by atoms with Crippen molar-refractivity contribution in [3.63, 3.8) is 0 Å². The molecule has 0 aliphatic carbocycles. The molecule has 1 unspecified atom stereocenters. The molecule has 0 amide bonds. The van der Waals surface area contributed by atoms with E-state index in [4.69, 9.17) is 0 Å². The Balaban J connectivity index is 1.98. The summed E-state index contributed by atoms with van der Waals surface area (Å²) >= 11 is 1.55. The predicted molar refractivity (Wildman–Crippen MR) is 92.7 cm³/mol. The fourth-order valence-corrected chi connectivity index (χ4v) is 3.59. The highest BCUT2D eigenvalue weighted by Crippen LogP contribution is 2.39. The number of phenols is 1. The zero-order valence-corrected chi connectivity index (χ0v) is 14.5. The van der Waals surface area contributed by atoms with Crippen LogP contribution >= 0.6 is 11.9 Å². The van der Waals surface area contributed by atoms with Crippen molar-refractivity contribution in [2.75, 3.05) is 30.8 Å². The van der Waals surface area contributed by atoms with Crippen LogP contribution in [0.25, 0.3) is 10.9 Å². The molecule has 1 aromatic carbocycles. The van der Waals surface area contributed by atoms with Gasteiger partial charge in [-0.3, -0.25) is 4.72 Å². The molecule has 1 aliphatic heterocycles. The third-order valence-corrected chi connectivity index (χ3v) is 4.83. The predicted octanol–water partition coefficient (Wildman–Crippen LogP) is 3.44.